The molecule has 0 heterocycles. The second-order valence-corrected chi connectivity index (χ2v) is 2.08. The van der Waals surface area contributed by atoms with Crippen LogP contribution in [0, 0.1) is 0 Å². The molecule has 0 saturated heterocycles. The summed E-state index contributed by atoms with van der Waals surface area (Å²) in [5.41, 5.74) is 0. The Kier molecular flexibility index (Phi) is 3.61. The molecule has 0 bridgehead atoms. The van der Waals surface area contributed by atoms with Crippen molar-refractivity contribution < 1.29 is 4.79 Å². The van der Waals surface area contributed by atoms with Gasteiger partial charge in [0.1, 0.15) is 0 Å². The number of alkyl halides is 1. The third-order valence-electron chi connectivity index (χ3n) is 1.08. The summed E-state index contributed by atoms with van der Waals surface area (Å²) in [5.74, 6) is 0.495. The van der Waals surface area contributed by atoms with Crippen LogP contribution < -0.4 is 0 Å². The lowest BCUT2D eigenvalue weighted by atomic mass is 10.4. The van der Waals surface area contributed by atoms with E-state index in [9.17, 15) is 4.79 Å². The largest absolute Gasteiger partial charge is 0.344 e. The molecule has 0 radical (unpaired) electrons. The van der Waals surface area contributed by atoms with Gasteiger partial charge in [-0.3, -0.25) is 4.79 Å². The van der Waals surface area contributed by atoms with E-state index >= 15 is 0 Å². The molecule has 48 valence electrons. The molecule has 0 rings (SSSR count). The highest BCUT2D eigenvalue weighted by Gasteiger charge is 2.01. The maximum absolute atomic E-state index is 9.97. The highest BCUT2D eigenvalue weighted by Crippen LogP contribution is 1.92. The highest BCUT2D eigenvalue weighted by molar-refractivity contribution is 6.18. The molecule has 0 aromatic rings. The number of rotatable bonds is 3. The topological polar surface area (TPSA) is 20.3 Å². The van der Waals surface area contributed by atoms with Gasteiger partial charge in [-0.05, 0) is 6.92 Å². The minimum Gasteiger partial charge on any atom is -0.344 e. The zero-order valence-electron chi connectivity index (χ0n) is 5.10. The van der Waals surface area contributed by atoms with Crippen molar-refractivity contribution >= 4 is 18.0 Å². The zero-order chi connectivity index (χ0) is 6.57. The van der Waals surface area contributed by atoms with E-state index in [0.717, 1.165) is 6.41 Å². The number of amides is 1. The Balaban J connectivity index is 3.44. The summed E-state index contributed by atoms with van der Waals surface area (Å²) in [6, 6.07) is 0.147. The van der Waals surface area contributed by atoms with E-state index in [1.54, 1.807) is 7.05 Å². The predicted octanol–water partition coefficient (Wildman–Crippen LogP) is 0.702. The van der Waals surface area contributed by atoms with Crippen molar-refractivity contribution in [1.29, 1.82) is 0 Å². The summed E-state index contributed by atoms with van der Waals surface area (Å²) in [4.78, 5) is 11.5. The van der Waals surface area contributed by atoms with Crippen molar-refractivity contribution in [3.63, 3.8) is 0 Å². The molecule has 0 spiro atoms. The van der Waals surface area contributed by atoms with Gasteiger partial charge < -0.3 is 4.90 Å². The van der Waals surface area contributed by atoms with Gasteiger partial charge in [-0.1, -0.05) is 0 Å². The summed E-state index contributed by atoms with van der Waals surface area (Å²) in [6.45, 7) is 1.89. The number of carbonyl (C=O) groups is 1. The zero-order valence-corrected chi connectivity index (χ0v) is 5.85. The van der Waals surface area contributed by atoms with E-state index in [1.807, 2.05) is 6.92 Å². The number of hydrogen-bond acceptors (Lipinski definition) is 1. The van der Waals surface area contributed by atoms with E-state index in [0.29, 0.717) is 5.88 Å². The Bertz CT molecular complexity index is 76.8. The molecule has 0 fully saturated rings. The van der Waals surface area contributed by atoms with Crippen LogP contribution in [0.4, 0.5) is 0 Å². The van der Waals surface area contributed by atoms with Crippen LogP contribution in [-0.2, 0) is 4.79 Å². The first-order valence-corrected chi connectivity index (χ1v) is 2.99. The predicted molar refractivity (Wildman–Crippen MR) is 34.0 cm³/mol. The van der Waals surface area contributed by atoms with Crippen LogP contribution in [0.5, 0.6) is 0 Å². The SMILES string of the molecule is CC(CCl)N(C)C=O. The van der Waals surface area contributed by atoms with Crippen molar-refractivity contribution in [2.24, 2.45) is 0 Å². The van der Waals surface area contributed by atoms with Gasteiger partial charge >= 0.3 is 0 Å². The van der Waals surface area contributed by atoms with Crippen molar-refractivity contribution in [1.82, 2.24) is 4.90 Å². The molecule has 1 unspecified atom stereocenters. The summed E-state index contributed by atoms with van der Waals surface area (Å²) >= 11 is 5.43. The first-order valence-electron chi connectivity index (χ1n) is 2.45. The van der Waals surface area contributed by atoms with Gasteiger partial charge in [0, 0.05) is 19.0 Å². The number of hydrogen-bond donors (Lipinski definition) is 0. The summed E-state index contributed by atoms with van der Waals surface area (Å²) < 4.78 is 0. The lowest BCUT2D eigenvalue weighted by Gasteiger charge is -2.16. The fraction of sp³-hybridized carbons (Fsp3) is 0.800. The number of nitrogens with zero attached hydrogens (tertiary/aromatic N) is 1. The first kappa shape index (κ1) is 7.76. The normalized spacial score (nSPS) is 12.9. The molecule has 0 aliphatic heterocycles. The standard InChI is InChI=1S/C5H10ClNO/c1-5(3-6)7(2)4-8/h4-5H,3H2,1-2H3. The Hall–Kier alpha value is -0.240. The minimum absolute atomic E-state index is 0.147. The molecular weight excluding hydrogens is 126 g/mol. The molecule has 0 aliphatic rings. The van der Waals surface area contributed by atoms with Crippen molar-refractivity contribution in [3.05, 3.63) is 0 Å². The summed E-state index contributed by atoms with van der Waals surface area (Å²) in [5, 5.41) is 0. The maximum atomic E-state index is 9.97. The molecule has 0 N–H and O–H groups in total. The molecule has 0 aliphatic carbocycles. The highest BCUT2D eigenvalue weighted by atomic mass is 35.5. The van der Waals surface area contributed by atoms with Gasteiger partial charge in [0.2, 0.25) is 6.41 Å². The van der Waals surface area contributed by atoms with Crippen LogP contribution in [0.25, 0.3) is 0 Å². The summed E-state index contributed by atoms with van der Waals surface area (Å²) in [7, 11) is 1.71. The van der Waals surface area contributed by atoms with Gasteiger partial charge in [-0.25, -0.2) is 0 Å². The Labute approximate surface area is 54.4 Å². The molecule has 8 heavy (non-hydrogen) atoms. The van der Waals surface area contributed by atoms with Crippen molar-refractivity contribution in [2.75, 3.05) is 12.9 Å². The lowest BCUT2D eigenvalue weighted by Crippen LogP contribution is -2.28. The number of halogens is 1. The first-order chi connectivity index (χ1) is 3.72. The number of carbonyl (C=O) groups excluding carboxylic acids is 1. The van der Waals surface area contributed by atoms with E-state index in [1.165, 1.54) is 4.90 Å². The third-order valence-corrected chi connectivity index (χ3v) is 1.53. The Morgan fingerprint density at radius 2 is 2.38 bits per heavy atom. The van der Waals surface area contributed by atoms with Gasteiger partial charge in [0.05, 0.1) is 0 Å². The van der Waals surface area contributed by atoms with E-state index in [4.69, 9.17) is 11.6 Å². The van der Waals surface area contributed by atoms with Gasteiger partial charge in [-0.15, -0.1) is 11.6 Å². The van der Waals surface area contributed by atoms with E-state index in [-0.39, 0.29) is 6.04 Å². The van der Waals surface area contributed by atoms with E-state index in [2.05, 4.69) is 0 Å². The summed E-state index contributed by atoms with van der Waals surface area (Å²) in [6.07, 6.45) is 0.771. The molecular formula is C5H10ClNO. The quantitative estimate of drug-likeness (QED) is 0.412. The Morgan fingerprint density at radius 1 is 1.88 bits per heavy atom. The second-order valence-electron chi connectivity index (χ2n) is 1.77. The molecule has 2 nitrogen and oxygen atoms in total. The van der Waals surface area contributed by atoms with E-state index < -0.39 is 0 Å². The molecule has 1 atom stereocenters. The van der Waals surface area contributed by atoms with Gasteiger partial charge in [0.15, 0.2) is 0 Å². The average molecular weight is 136 g/mol. The Morgan fingerprint density at radius 3 is 2.50 bits per heavy atom. The van der Waals surface area contributed by atoms with Crippen LogP contribution in [0.2, 0.25) is 0 Å². The van der Waals surface area contributed by atoms with Crippen LogP contribution >= 0.6 is 11.6 Å². The van der Waals surface area contributed by atoms with Gasteiger partial charge in [0.25, 0.3) is 0 Å². The maximum Gasteiger partial charge on any atom is 0.209 e. The molecule has 1 amide bonds. The van der Waals surface area contributed by atoms with Crippen LogP contribution in [0.1, 0.15) is 6.92 Å². The third kappa shape index (κ3) is 2.17. The van der Waals surface area contributed by atoms with Gasteiger partial charge in [-0.2, -0.15) is 0 Å². The minimum atomic E-state index is 0.147. The second kappa shape index (κ2) is 3.72. The smallest absolute Gasteiger partial charge is 0.209 e. The lowest BCUT2D eigenvalue weighted by molar-refractivity contribution is -0.118. The fourth-order valence-electron chi connectivity index (χ4n) is 0.213. The molecule has 0 aromatic carbocycles. The van der Waals surface area contributed by atoms with Crippen LogP contribution in [-0.4, -0.2) is 30.3 Å². The average Bonchev–Trinajstić information content (AvgIpc) is 1.84. The van der Waals surface area contributed by atoms with Crippen LogP contribution in [0.3, 0.4) is 0 Å². The molecule has 3 heteroatoms. The van der Waals surface area contributed by atoms with Crippen molar-refractivity contribution in [3.8, 4) is 0 Å². The molecule has 0 saturated carbocycles. The fourth-order valence-corrected chi connectivity index (χ4v) is 0.430. The van der Waals surface area contributed by atoms with Crippen LogP contribution in [0.15, 0.2) is 0 Å². The van der Waals surface area contributed by atoms with Crippen molar-refractivity contribution in [2.45, 2.75) is 13.0 Å². The monoisotopic (exact) mass is 135 g/mol. The molecule has 0 aromatic heterocycles.